The number of nitrogens with zero attached hydrogens (tertiary/aromatic N) is 4. The summed E-state index contributed by atoms with van der Waals surface area (Å²) in [5.41, 5.74) is 1.93. The molecule has 8 heteroatoms. The molecule has 0 atom stereocenters. The fourth-order valence-electron chi connectivity index (χ4n) is 2.13. The average molecular weight is 343 g/mol. The Morgan fingerprint density at radius 2 is 1.88 bits per heavy atom. The normalized spacial score (nSPS) is 10.5. The Bertz CT molecular complexity index is 875. The second-order valence-corrected chi connectivity index (χ2v) is 5.51. The van der Waals surface area contributed by atoms with Crippen LogP contribution < -0.4 is 10.6 Å². The number of imidazole rings is 1. The summed E-state index contributed by atoms with van der Waals surface area (Å²) in [6.45, 7) is 3.69. The van der Waals surface area contributed by atoms with E-state index in [4.69, 9.17) is 11.6 Å². The highest BCUT2D eigenvalue weighted by Gasteiger charge is 2.08. The maximum atomic E-state index is 12.1. The van der Waals surface area contributed by atoms with Crippen molar-refractivity contribution in [1.29, 1.82) is 0 Å². The Morgan fingerprint density at radius 3 is 2.54 bits per heavy atom. The zero-order valence-electron chi connectivity index (χ0n) is 13.1. The summed E-state index contributed by atoms with van der Waals surface area (Å²) < 4.78 is 1.75. The van der Waals surface area contributed by atoms with Crippen LogP contribution in [0.5, 0.6) is 0 Å². The number of carbonyl (C=O) groups is 1. The third kappa shape index (κ3) is 3.36. The maximum Gasteiger partial charge on any atom is 0.323 e. The number of benzene rings is 1. The fourth-order valence-corrected chi connectivity index (χ4v) is 2.30. The van der Waals surface area contributed by atoms with Gasteiger partial charge in [-0.3, -0.25) is 4.57 Å². The molecule has 2 aromatic heterocycles. The molecule has 3 rings (SSSR count). The van der Waals surface area contributed by atoms with Gasteiger partial charge in [-0.25, -0.2) is 19.7 Å². The number of nitrogens with one attached hydrogen (secondary N) is 2. The van der Waals surface area contributed by atoms with E-state index in [0.29, 0.717) is 22.3 Å². The van der Waals surface area contributed by atoms with Gasteiger partial charge < -0.3 is 10.6 Å². The van der Waals surface area contributed by atoms with Gasteiger partial charge in [0.25, 0.3) is 0 Å². The predicted octanol–water partition coefficient (Wildman–Crippen LogP) is 3.58. The Labute approximate surface area is 143 Å². The summed E-state index contributed by atoms with van der Waals surface area (Å²) in [6.07, 6.45) is 6.51. The lowest BCUT2D eigenvalue weighted by Crippen LogP contribution is -2.20. The molecule has 122 valence electrons. The predicted molar refractivity (Wildman–Crippen MR) is 92.7 cm³/mol. The van der Waals surface area contributed by atoms with Gasteiger partial charge in [0, 0.05) is 23.1 Å². The van der Waals surface area contributed by atoms with E-state index in [9.17, 15) is 4.79 Å². The van der Waals surface area contributed by atoms with E-state index in [1.165, 1.54) is 12.4 Å². The SMILES string of the molecule is Cc1c(Cl)cccc1NC(=O)Nc1cnc(-n2ccnc2C)nc1. The molecule has 0 spiro atoms. The molecule has 1 aromatic carbocycles. The first-order chi connectivity index (χ1) is 11.5. The first-order valence-electron chi connectivity index (χ1n) is 7.20. The Balaban J connectivity index is 1.69. The number of halogens is 1. The fraction of sp³-hybridized carbons (Fsp3) is 0.125. The lowest BCUT2D eigenvalue weighted by molar-refractivity contribution is 0.262. The van der Waals surface area contributed by atoms with Gasteiger partial charge in [-0.15, -0.1) is 0 Å². The van der Waals surface area contributed by atoms with Crippen molar-refractivity contribution in [2.24, 2.45) is 0 Å². The summed E-state index contributed by atoms with van der Waals surface area (Å²) >= 11 is 6.04. The van der Waals surface area contributed by atoms with Gasteiger partial charge in [-0.1, -0.05) is 17.7 Å². The van der Waals surface area contributed by atoms with E-state index >= 15 is 0 Å². The summed E-state index contributed by atoms with van der Waals surface area (Å²) in [6, 6.07) is 4.93. The smallest absolute Gasteiger partial charge is 0.307 e. The Hall–Kier alpha value is -2.93. The molecular weight excluding hydrogens is 328 g/mol. The molecule has 0 unspecified atom stereocenters. The number of hydrogen-bond donors (Lipinski definition) is 2. The van der Waals surface area contributed by atoms with Crippen molar-refractivity contribution >= 4 is 29.0 Å². The summed E-state index contributed by atoms with van der Waals surface area (Å²) in [7, 11) is 0. The van der Waals surface area contributed by atoms with Gasteiger partial charge in [0.2, 0.25) is 5.95 Å². The van der Waals surface area contributed by atoms with Crippen molar-refractivity contribution in [3.8, 4) is 5.95 Å². The summed E-state index contributed by atoms with van der Waals surface area (Å²) in [4.78, 5) is 24.6. The van der Waals surface area contributed by atoms with Gasteiger partial charge in [-0.2, -0.15) is 0 Å². The molecule has 0 aliphatic rings. The average Bonchev–Trinajstić information content (AvgIpc) is 2.99. The van der Waals surface area contributed by atoms with Crippen molar-refractivity contribution in [1.82, 2.24) is 19.5 Å². The number of carbonyl (C=O) groups excluding carboxylic acids is 1. The molecule has 0 aliphatic heterocycles. The minimum atomic E-state index is -0.393. The number of rotatable bonds is 3. The van der Waals surface area contributed by atoms with Crippen LogP contribution in [0.15, 0.2) is 43.0 Å². The van der Waals surface area contributed by atoms with E-state index in [-0.39, 0.29) is 0 Å². The van der Waals surface area contributed by atoms with Crippen LogP contribution in [-0.2, 0) is 0 Å². The van der Waals surface area contributed by atoms with Crippen LogP contribution in [0.2, 0.25) is 5.02 Å². The van der Waals surface area contributed by atoms with Crippen molar-refractivity contribution < 1.29 is 4.79 Å². The second kappa shape index (κ2) is 6.67. The number of hydrogen-bond acceptors (Lipinski definition) is 4. The van der Waals surface area contributed by atoms with E-state index in [1.807, 2.05) is 13.8 Å². The van der Waals surface area contributed by atoms with Crippen LogP contribution in [0, 0.1) is 13.8 Å². The molecular formula is C16H15ClN6O. The second-order valence-electron chi connectivity index (χ2n) is 5.11. The molecule has 2 N–H and O–H groups in total. The lowest BCUT2D eigenvalue weighted by atomic mass is 10.2. The molecule has 2 amide bonds. The van der Waals surface area contributed by atoms with E-state index in [1.54, 1.807) is 35.2 Å². The molecule has 0 radical (unpaired) electrons. The van der Waals surface area contributed by atoms with Crippen LogP contribution >= 0.6 is 11.6 Å². The van der Waals surface area contributed by atoms with Gasteiger partial charge in [0.1, 0.15) is 5.82 Å². The minimum absolute atomic E-state index is 0.393. The molecule has 2 heterocycles. The largest absolute Gasteiger partial charge is 0.323 e. The molecule has 3 aromatic rings. The van der Waals surface area contributed by atoms with Gasteiger partial charge >= 0.3 is 6.03 Å². The molecule has 0 saturated carbocycles. The highest BCUT2D eigenvalue weighted by Crippen LogP contribution is 2.23. The van der Waals surface area contributed by atoms with Crippen molar-refractivity contribution in [3.05, 3.63) is 59.4 Å². The van der Waals surface area contributed by atoms with E-state index in [0.717, 1.165) is 11.4 Å². The maximum absolute atomic E-state index is 12.1. The van der Waals surface area contributed by atoms with Crippen LogP contribution in [0.4, 0.5) is 16.2 Å². The van der Waals surface area contributed by atoms with E-state index < -0.39 is 6.03 Å². The molecule has 7 nitrogen and oxygen atoms in total. The van der Waals surface area contributed by atoms with Crippen LogP contribution in [0.1, 0.15) is 11.4 Å². The van der Waals surface area contributed by atoms with Crippen LogP contribution in [0.3, 0.4) is 0 Å². The molecule has 0 aliphatic carbocycles. The zero-order valence-corrected chi connectivity index (χ0v) is 13.9. The highest BCUT2D eigenvalue weighted by molar-refractivity contribution is 6.31. The van der Waals surface area contributed by atoms with Gasteiger partial charge in [0.05, 0.1) is 18.1 Å². The zero-order chi connectivity index (χ0) is 17.1. The summed E-state index contributed by atoms with van der Waals surface area (Å²) in [5, 5.41) is 6.02. The van der Waals surface area contributed by atoms with Crippen LogP contribution in [0.25, 0.3) is 5.95 Å². The van der Waals surface area contributed by atoms with Crippen molar-refractivity contribution in [2.45, 2.75) is 13.8 Å². The first-order valence-corrected chi connectivity index (χ1v) is 7.58. The number of aromatic nitrogens is 4. The summed E-state index contributed by atoms with van der Waals surface area (Å²) in [5.74, 6) is 1.27. The van der Waals surface area contributed by atoms with Crippen molar-refractivity contribution in [3.63, 3.8) is 0 Å². The molecule has 0 saturated heterocycles. The van der Waals surface area contributed by atoms with Crippen molar-refractivity contribution in [2.75, 3.05) is 10.6 Å². The standard InChI is InChI=1S/C16H15ClN6O/c1-10-13(17)4-3-5-14(10)22-16(24)21-12-8-19-15(20-9-12)23-7-6-18-11(23)2/h3-9H,1-2H3,(H2,21,22,24). The highest BCUT2D eigenvalue weighted by atomic mass is 35.5. The monoisotopic (exact) mass is 342 g/mol. The third-order valence-corrected chi connectivity index (χ3v) is 3.86. The Kier molecular flexibility index (Phi) is 4.43. The first kappa shape index (κ1) is 15.9. The lowest BCUT2D eigenvalue weighted by Gasteiger charge is -2.10. The quantitative estimate of drug-likeness (QED) is 0.762. The number of amides is 2. The minimum Gasteiger partial charge on any atom is -0.307 e. The van der Waals surface area contributed by atoms with Crippen LogP contribution in [-0.4, -0.2) is 25.6 Å². The van der Waals surface area contributed by atoms with E-state index in [2.05, 4.69) is 25.6 Å². The number of urea groups is 1. The molecule has 0 bridgehead atoms. The number of anilines is 2. The molecule has 0 fully saturated rings. The third-order valence-electron chi connectivity index (χ3n) is 3.45. The Morgan fingerprint density at radius 1 is 1.12 bits per heavy atom. The number of aryl methyl sites for hydroxylation is 1. The topological polar surface area (TPSA) is 84.7 Å². The molecule has 24 heavy (non-hydrogen) atoms. The van der Waals surface area contributed by atoms with Gasteiger partial charge in [-0.05, 0) is 31.5 Å². The van der Waals surface area contributed by atoms with Gasteiger partial charge in [0.15, 0.2) is 0 Å².